The maximum absolute atomic E-state index is 4.73. The van der Waals surface area contributed by atoms with Crippen LogP contribution < -0.4 is 0 Å². The normalized spacial score (nSPS) is 12.4. The first-order valence-electron chi connectivity index (χ1n) is 11.6. The topological polar surface area (TPSA) is 17.3 Å². The maximum Gasteiger partial charge on any atom is 0.0720 e. The molecule has 0 atom stereocenters. The first kappa shape index (κ1) is 18.5. The van der Waals surface area contributed by atoms with Crippen LogP contribution in [0.1, 0.15) is 11.1 Å². The van der Waals surface area contributed by atoms with Gasteiger partial charge in [0.25, 0.3) is 0 Å². The summed E-state index contributed by atoms with van der Waals surface area (Å²) in [5.41, 5.74) is 8.62. The first-order valence-corrected chi connectivity index (χ1v) is 12.5. The minimum atomic E-state index is 1.03. The summed E-state index contributed by atoms with van der Waals surface area (Å²) in [6, 6.07) is 29.2. The monoisotopic (exact) mass is 452 g/mol. The summed E-state index contributed by atoms with van der Waals surface area (Å²) in [5.74, 6) is 0. The summed E-state index contributed by atoms with van der Waals surface area (Å²) in [6.45, 7) is 4.27. The number of para-hydroxylation sites is 1. The molecule has 8 aromatic rings. The number of thiophene rings is 1. The molecule has 4 aromatic carbocycles. The number of rotatable bonds is 1. The third-order valence-corrected chi connectivity index (χ3v) is 8.68. The van der Waals surface area contributed by atoms with E-state index in [-0.39, 0.29) is 0 Å². The average Bonchev–Trinajstić information content (AvgIpc) is 3.51. The molecule has 0 aliphatic heterocycles. The van der Waals surface area contributed by atoms with Gasteiger partial charge in [0.2, 0.25) is 0 Å². The Balaban J connectivity index is 1.55. The molecule has 0 saturated heterocycles. The number of hydrogen-bond donors (Lipinski definition) is 0. The SMILES string of the molecule is Cc1cnc(-c2ccc3c(c2)c2cccc4c5ccc6c7ccccc7sc6c5n3c24)cc1C. The van der Waals surface area contributed by atoms with E-state index in [1.165, 1.54) is 75.0 Å². The van der Waals surface area contributed by atoms with Crippen molar-refractivity contribution in [2.75, 3.05) is 0 Å². The van der Waals surface area contributed by atoms with E-state index in [1.807, 2.05) is 17.5 Å². The smallest absolute Gasteiger partial charge is 0.0720 e. The molecule has 8 rings (SSSR count). The molecule has 4 heterocycles. The number of pyridine rings is 1. The third-order valence-electron chi connectivity index (χ3n) is 7.49. The van der Waals surface area contributed by atoms with E-state index in [0.717, 1.165) is 5.69 Å². The standard InChI is InChI=1S/C31H20N2S/c1-17-14-26(32-16-18(17)2)19-10-13-27-25(15-19)22-8-5-7-21-23-11-12-24-20-6-3-4-9-28(20)34-31(24)30(23)33(27)29(21)22/h3-16H,1-2H3. The molecule has 0 radical (unpaired) electrons. The zero-order valence-corrected chi connectivity index (χ0v) is 19.7. The van der Waals surface area contributed by atoms with E-state index in [1.54, 1.807) is 0 Å². The van der Waals surface area contributed by atoms with Crippen molar-refractivity contribution >= 4 is 69.6 Å². The Morgan fingerprint density at radius 2 is 1.41 bits per heavy atom. The van der Waals surface area contributed by atoms with Crippen molar-refractivity contribution in [1.82, 2.24) is 9.38 Å². The van der Waals surface area contributed by atoms with Gasteiger partial charge in [0.05, 0.1) is 26.9 Å². The highest BCUT2D eigenvalue weighted by Crippen LogP contribution is 2.45. The van der Waals surface area contributed by atoms with Gasteiger partial charge >= 0.3 is 0 Å². The van der Waals surface area contributed by atoms with Crippen LogP contribution in [0.4, 0.5) is 0 Å². The number of aryl methyl sites for hydroxylation is 2. The molecule has 0 saturated carbocycles. The molecule has 160 valence electrons. The van der Waals surface area contributed by atoms with E-state index < -0.39 is 0 Å². The fourth-order valence-electron chi connectivity index (χ4n) is 5.67. The third kappa shape index (κ3) is 2.22. The predicted molar refractivity (Wildman–Crippen MR) is 147 cm³/mol. The highest BCUT2D eigenvalue weighted by molar-refractivity contribution is 7.26. The lowest BCUT2D eigenvalue weighted by molar-refractivity contribution is 1.22. The van der Waals surface area contributed by atoms with Crippen LogP contribution >= 0.6 is 11.3 Å². The van der Waals surface area contributed by atoms with Crippen LogP contribution in [0, 0.1) is 13.8 Å². The van der Waals surface area contributed by atoms with E-state index in [0.29, 0.717) is 0 Å². The van der Waals surface area contributed by atoms with Crippen LogP contribution in [0.2, 0.25) is 0 Å². The Morgan fingerprint density at radius 1 is 0.647 bits per heavy atom. The van der Waals surface area contributed by atoms with Gasteiger partial charge in [-0.2, -0.15) is 0 Å². The molecule has 0 bridgehead atoms. The molecule has 4 aromatic heterocycles. The number of aromatic nitrogens is 2. The molecule has 0 aliphatic carbocycles. The summed E-state index contributed by atoms with van der Waals surface area (Å²) >= 11 is 1.91. The fraction of sp³-hybridized carbons (Fsp3) is 0.0645. The molecule has 0 spiro atoms. The minimum Gasteiger partial charge on any atom is -0.307 e. The van der Waals surface area contributed by atoms with Gasteiger partial charge in [-0.1, -0.05) is 54.6 Å². The number of hydrogen-bond acceptors (Lipinski definition) is 2. The molecule has 3 heteroatoms. The molecular weight excluding hydrogens is 432 g/mol. The molecular formula is C31H20N2S. The Bertz CT molecular complexity index is 2090. The van der Waals surface area contributed by atoms with Crippen LogP contribution in [0.3, 0.4) is 0 Å². The van der Waals surface area contributed by atoms with Crippen LogP contribution in [0.25, 0.3) is 69.5 Å². The maximum atomic E-state index is 4.73. The van der Waals surface area contributed by atoms with E-state index >= 15 is 0 Å². The highest BCUT2D eigenvalue weighted by atomic mass is 32.1. The molecule has 0 unspecified atom stereocenters. The second kappa shape index (κ2) is 6.34. The average molecular weight is 453 g/mol. The van der Waals surface area contributed by atoms with E-state index in [4.69, 9.17) is 4.98 Å². The predicted octanol–water partition coefficient (Wildman–Crippen LogP) is 8.88. The number of fused-ring (bicyclic) bond motifs is 10. The fourth-order valence-corrected chi connectivity index (χ4v) is 6.91. The Labute approximate surface area is 200 Å². The molecule has 34 heavy (non-hydrogen) atoms. The van der Waals surface area contributed by atoms with Crippen molar-refractivity contribution in [3.8, 4) is 11.3 Å². The molecule has 0 fully saturated rings. The van der Waals surface area contributed by atoms with Gasteiger partial charge in [-0.3, -0.25) is 4.98 Å². The molecule has 0 N–H and O–H groups in total. The van der Waals surface area contributed by atoms with Crippen molar-refractivity contribution in [3.05, 3.63) is 96.2 Å². The molecule has 2 nitrogen and oxygen atoms in total. The summed E-state index contributed by atoms with van der Waals surface area (Å²) < 4.78 is 5.22. The summed E-state index contributed by atoms with van der Waals surface area (Å²) in [6.07, 6.45) is 1.98. The lowest BCUT2D eigenvalue weighted by Crippen LogP contribution is -1.88. The van der Waals surface area contributed by atoms with Crippen molar-refractivity contribution in [1.29, 1.82) is 0 Å². The Morgan fingerprint density at radius 3 is 2.29 bits per heavy atom. The second-order valence-electron chi connectivity index (χ2n) is 9.36. The van der Waals surface area contributed by atoms with Gasteiger partial charge in [-0.05, 0) is 49.2 Å². The largest absolute Gasteiger partial charge is 0.307 e. The molecule has 0 amide bonds. The van der Waals surface area contributed by atoms with Gasteiger partial charge in [-0.25, -0.2) is 0 Å². The highest BCUT2D eigenvalue weighted by Gasteiger charge is 2.20. The van der Waals surface area contributed by atoms with Gasteiger partial charge in [0.1, 0.15) is 0 Å². The Hall–Kier alpha value is -3.95. The van der Waals surface area contributed by atoms with Crippen molar-refractivity contribution in [3.63, 3.8) is 0 Å². The lowest BCUT2D eigenvalue weighted by atomic mass is 10.0. The summed E-state index contributed by atoms with van der Waals surface area (Å²) in [7, 11) is 0. The Kier molecular flexibility index (Phi) is 3.44. The van der Waals surface area contributed by atoms with Gasteiger partial charge < -0.3 is 4.40 Å². The zero-order valence-electron chi connectivity index (χ0n) is 18.9. The van der Waals surface area contributed by atoms with E-state index in [9.17, 15) is 0 Å². The molecule has 0 aliphatic rings. The van der Waals surface area contributed by atoms with Crippen LogP contribution in [-0.2, 0) is 0 Å². The second-order valence-corrected chi connectivity index (χ2v) is 10.4. The lowest BCUT2D eigenvalue weighted by Gasteiger charge is -2.06. The van der Waals surface area contributed by atoms with Crippen molar-refractivity contribution in [2.45, 2.75) is 13.8 Å². The number of nitrogens with zero attached hydrogens (tertiary/aromatic N) is 2. The van der Waals surface area contributed by atoms with Crippen molar-refractivity contribution in [2.24, 2.45) is 0 Å². The zero-order chi connectivity index (χ0) is 22.6. The summed E-state index contributed by atoms with van der Waals surface area (Å²) in [4.78, 5) is 4.73. The minimum absolute atomic E-state index is 1.03. The summed E-state index contributed by atoms with van der Waals surface area (Å²) in [5, 5.41) is 7.95. The number of benzene rings is 4. The van der Waals surface area contributed by atoms with Gasteiger partial charge in [0, 0.05) is 48.8 Å². The van der Waals surface area contributed by atoms with E-state index in [2.05, 4.69) is 97.1 Å². The van der Waals surface area contributed by atoms with Gasteiger partial charge in [0.15, 0.2) is 0 Å². The van der Waals surface area contributed by atoms with Crippen LogP contribution in [0.15, 0.2) is 85.1 Å². The van der Waals surface area contributed by atoms with Crippen LogP contribution in [-0.4, -0.2) is 9.38 Å². The van der Waals surface area contributed by atoms with Gasteiger partial charge in [-0.15, -0.1) is 11.3 Å². The quantitative estimate of drug-likeness (QED) is 0.243. The van der Waals surface area contributed by atoms with Crippen LogP contribution in [0.5, 0.6) is 0 Å². The first-order chi connectivity index (χ1) is 16.7. The van der Waals surface area contributed by atoms with Crippen molar-refractivity contribution < 1.29 is 0 Å².